The van der Waals surface area contributed by atoms with E-state index < -0.39 is 27.6 Å². The minimum absolute atomic E-state index is 0. The Balaban J connectivity index is 0.000000204. The van der Waals surface area contributed by atoms with Gasteiger partial charge in [-0.1, -0.05) is 116 Å². The zero-order valence-corrected chi connectivity index (χ0v) is 47.9. The van der Waals surface area contributed by atoms with Crippen LogP contribution in [0.4, 0.5) is 5.69 Å². The predicted molar refractivity (Wildman–Crippen MR) is 274 cm³/mol. The van der Waals surface area contributed by atoms with Crippen LogP contribution in [0.25, 0.3) is 16.9 Å². The second kappa shape index (κ2) is 25.3. The smallest absolute Gasteiger partial charge is 1.00 e. The van der Waals surface area contributed by atoms with Crippen LogP contribution in [0.2, 0.25) is 0 Å². The minimum atomic E-state index is -4.45. The number of para-hydroxylation sites is 1. The first-order chi connectivity index (χ1) is 33.8. The molecular weight excluding hydrogens is 1030 g/mol. The number of aromatic amines is 1. The second-order valence-corrected chi connectivity index (χ2v) is 20.9. The zero-order valence-electron chi connectivity index (χ0n) is 43.5. The molecule has 3 saturated heterocycles. The van der Waals surface area contributed by atoms with Crippen molar-refractivity contribution in [3.8, 4) is 16.9 Å². The fraction of sp³-hybridized carbons (Fsp3) is 0.426. The van der Waals surface area contributed by atoms with E-state index in [1.54, 1.807) is 74.3 Å². The number of ether oxygens (including phenoxy) is 2. The first-order valence-electron chi connectivity index (χ1n) is 24.3. The molecule has 2 N–H and O–H groups in total. The summed E-state index contributed by atoms with van der Waals surface area (Å²) in [6, 6.07) is 38.2. The van der Waals surface area contributed by atoms with E-state index in [2.05, 4.69) is 50.2 Å². The Morgan fingerprint density at radius 3 is 1.88 bits per heavy atom. The number of benzene rings is 4. The number of anilines is 1. The average molecular weight is 1100 g/mol. The van der Waals surface area contributed by atoms with E-state index in [0.717, 1.165) is 72.9 Å². The van der Waals surface area contributed by atoms with Gasteiger partial charge < -0.3 is 50.4 Å². The molecule has 0 saturated carbocycles. The summed E-state index contributed by atoms with van der Waals surface area (Å²) in [7, 11) is 7.02. The molecule has 3 aliphatic heterocycles. The summed E-state index contributed by atoms with van der Waals surface area (Å²) in [4.78, 5) is 42.1. The molecule has 16 nitrogen and oxygen atoms in total. The molecule has 19 heteroatoms. The number of likely N-dealkylation sites (tertiary alicyclic amines) is 1. The summed E-state index contributed by atoms with van der Waals surface area (Å²) < 4.78 is 50.2. The Kier molecular flexibility index (Phi) is 20.5. The number of hydrogen-bond acceptors (Lipinski definition) is 11. The molecule has 9 rings (SSSR count). The van der Waals surface area contributed by atoms with Gasteiger partial charge in [0.1, 0.15) is 39.9 Å². The number of esters is 1. The Bertz CT molecular complexity index is 2920. The Morgan fingerprint density at radius 2 is 1.37 bits per heavy atom. The van der Waals surface area contributed by atoms with Gasteiger partial charge in [0.15, 0.2) is 0 Å². The van der Waals surface area contributed by atoms with Crippen molar-refractivity contribution in [2.75, 3.05) is 59.2 Å². The number of piperidine rings is 2. The molecule has 0 amide bonds. The summed E-state index contributed by atoms with van der Waals surface area (Å²) in [5.74, 6) is -1.36. The van der Waals surface area contributed by atoms with E-state index in [-0.39, 0.29) is 81.6 Å². The van der Waals surface area contributed by atoms with Gasteiger partial charge in [0.05, 0.1) is 43.3 Å². The number of quaternary nitrogens is 1. The van der Waals surface area contributed by atoms with E-state index in [9.17, 15) is 32.5 Å². The molecule has 388 valence electrons. The molecule has 5 heterocycles. The van der Waals surface area contributed by atoms with Gasteiger partial charge in [-0.3, -0.25) is 19.4 Å². The Hall–Kier alpha value is -4.60. The van der Waals surface area contributed by atoms with Crippen molar-refractivity contribution in [3.63, 3.8) is 0 Å². The number of nitrogens with zero attached hydrogens (tertiary/aromatic N) is 6. The topological polar surface area (TPSA) is 184 Å². The third-order valence-corrected chi connectivity index (χ3v) is 15.5. The molecular formula is C54H69BrN7NaO9S. The number of rotatable bonds is 12. The quantitative estimate of drug-likeness (QED) is 0.0727. The molecule has 2 aromatic heterocycles. The molecule has 3 aliphatic rings. The van der Waals surface area contributed by atoms with Gasteiger partial charge in [0.25, 0.3) is 11.1 Å². The van der Waals surface area contributed by atoms with Gasteiger partial charge in [-0.2, -0.15) is 0 Å². The maximum Gasteiger partial charge on any atom is 1.00 e. The molecule has 0 spiro atoms. The van der Waals surface area contributed by atoms with Crippen molar-refractivity contribution in [2.45, 2.75) is 88.3 Å². The van der Waals surface area contributed by atoms with Gasteiger partial charge in [0, 0.05) is 46.0 Å². The van der Waals surface area contributed by atoms with Crippen LogP contribution in [0.5, 0.6) is 0 Å². The van der Waals surface area contributed by atoms with Gasteiger partial charge >= 0.3 is 35.5 Å². The maximum atomic E-state index is 13.4. The number of hydrogen-bond donors (Lipinski definition) is 2. The third-order valence-electron chi connectivity index (χ3n) is 14.8. The van der Waals surface area contributed by atoms with E-state index >= 15 is 0 Å². The number of halogens is 1. The van der Waals surface area contributed by atoms with E-state index in [1.807, 2.05) is 65.3 Å². The average Bonchev–Trinajstić information content (AvgIpc) is 3.83. The maximum absolute atomic E-state index is 13.4. The van der Waals surface area contributed by atoms with Crippen LogP contribution < -0.4 is 62.6 Å². The molecule has 4 atom stereocenters. The first kappa shape index (κ1) is 59.3. The Labute approximate surface area is 461 Å². The number of fused-ring (bicyclic) bond motifs is 2. The van der Waals surface area contributed by atoms with Crippen molar-refractivity contribution in [1.29, 1.82) is 0 Å². The van der Waals surface area contributed by atoms with Crippen LogP contribution >= 0.6 is 0 Å². The minimum Gasteiger partial charge on any atom is -1.00 e. The third kappa shape index (κ3) is 13.1. The largest absolute Gasteiger partial charge is 1.00 e. The number of likely N-dealkylation sites (N-methyl/N-ethyl adjacent to an activating group) is 1. The van der Waals surface area contributed by atoms with Crippen LogP contribution in [0.3, 0.4) is 0 Å². The summed E-state index contributed by atoms with van der Waals surface area (Å²) >= 11 is 0. The van der Waals surface area contributed by atoms with Gasteiger partial charge in [-0.25, -0.2) is 22.6 Å². The van der Waals surface area contributed by atoms with Gasteiger partial charge in [-0.05, 0) is 75.1 Å². The molecule has 0 radical (unpaired) electrons. The van der Waals surface area contributed by atoms with Crippen molar-refractivity contribution in [2.24, 2.45) is 7.05 Å². The number of aromatic nitrogens is 4. The summed E-state index contributed by atoms with van der Waals surface area (Å²) in [6.45, 7) is 5.86. The number of methoxy groups -OCH3 is 1. The van der Waals surface area contributed by atoms with Crippen LogP contribution in [-0.2, 0) is 43.5 Å². The number of carbonyl (C=O) groups is 1. The monoisotopic (exact) mass is 1090 g/mol. The van der Waals surface area contributed by atoms with Crippen LogP contribution in [0.1, 0.15) is 67.5 Å². The molecule has 73 heavy (non-hydrogen) atoms. The van der Waals surface area contributed by atoms with E-state index in [1.165, 1.54) is 16.6 Å². The number of nitrogens with one attached hydrogen (secondary N) is 1. The fourth-order valence-corrected chi connectivity index (χ4v) is 11.3. The molecule has 4 aromatic carbocycles. The van der Waals surface area contributed by atoms with E-state index in [4.69, 9.17) is 9.47 Å². The van der Waals surface area contributed by atoms with Crippen molar-refractivity contribution >= 4 is 21.8 Å². The van der Waals surface area contributed by atoms with Crippen LogP contribution in [0.15, 0.2) is 131 Å². The van der Waals surface area contributed by atoms with Crippen LogP contribution in [0, 0.1) is 6.92 Å². The summed E-state index contributed by atoms with van der Waals surface area (Å²) in [5, 5.41) is 15.0. The zero-order chi connectivity index (χ0) is 51.3. The molecule has 0 aliphatic carbocycles. The normalized spacial score (nSPS) is 19.5. The summed E-state index contributed by atoms with van der Waals surface area (Å²) in [5.41, 5.74) is 3.41. The molecule has 4 unspecified atom stereocenters. The Morgan fingerprint density at radius 1 is 0.849 bits per heavy atom. The fourth-order valence-electron chi connectivity index (χ4n) is 10.7. The molecule has 3 fully saturated rings. The van der Waals surface area contributed by atoms with Crippen molar-refractivity contribution < 1.29 is 83.4 Å². The molecule has 2 bridgehead atoms. The van der Waals surface area contributed by atoms with Crippen LogP contribution in [-0.4, -0.2) is 131 Å². The van der Waals surface area contributed by atoms with E-state index in [0.29, 0.717) is 34.6 Å². The van der Waals surface area contributed by atoms with Crippen molar-refractivity contribution in [1.82, 2.24) is 24.0 Å². The number of H-pyrrole nitrogens is 1. The second-order valence-electron chi connectivity index (χ2n) is 19.5. The van der Waals surface area contributed by atoms with Gasteiger partial charge in [0.2, 0.25) is 5.60 Å². The number of carbonyl (C=O) groups excluding carboxylic acids is 1. The molecule has 6 aromatic rings. The SMILES string of the molecule is CCc1c(-c2ccccc2)[nH]n(C2CCN(C)CC2)c1=O.COC1CC2CC(OC(=O)C(O)(c3ccccc3)c3ccccc3)CC1[N+]2(C)C.Cc1c(N(C)CS(=O)(=O)[O-])c(=O)n(-c2ccccc2)n1C.[Br-].[Na+]. The standard InChI is InChI=1S/C24H30NO4.C17H23N3O.C13H17N3O4S.BrH.Na/c1-25(2)19-14-20(16-21(25)22(15-19)28-3)29-23(26)24(27,17-10-6-4-7-11-17)18-12-8-5-9-13-18;1-3-15-16(13-7-5-4-6-8-13)18-20(17(15)21)14-9-11-19(2)12-10-14;1-10-12(14(2)9-21(18,19)20)13(17)16(15(10)3)11-7-5-4-6-8-11;;/h4-13,19-22,27H,14-16H2,1-3H3;4-8,14,18H,3,9-12H2,1-2H3;4-8H,9H2,1-3H3,(H,18,19,20);1H;/q+1;;;;+1/p-2. The summed E-state index contributed by atoms with van der Waals surface area (Å²) in [6.07, 6.45) is 5.30. The van der Waals surface area contributed by atoms with Crippen molar-refractivity contribution in [3.05, 3.63) is 164 Å². The predicted octanol–water partition coefficient (Wildman–Crippen LogP) is -0.0358. The first-order valence-corrected chi connectivity index (χ1v) is 25.8. The number of aliphatic hydroxyl groups is 1. The van der Waals surface area contributed by atoms with Gasteiger partial charge in [-0.15, -0.1) is 0 Å².